The monoisotopic (exact) mass is 278 g/mol. The first-order chi connectivity index (χ1) is 8.97. The number of aromatic amines is 2. The van der Waals surface area contributed by atoms with Crippen molar-refractivity contribution in [2.45, 2.75) is 6.42 Å². The maximum absolute atomic E-state index is 11.6. The average Bonchev–Trinajstić information content (AvgIpc) is 2.34. The van der Waals surface area contributed by atoms with Gasteiger partial charge in [0.05, 0.1) is 11.1 Å². The summed E-state index contributed by atoms with van der Waals surface area (Å²) in [7, 11) is 0. The van der Waals surface area contributed by atoms with Gasteiger partial charge in [-0.2, -0.15) is 0 Å². The van der Waals surface area contributed by atoms with Crippen molar-refractivity contribution in [2.75, 3.05) is 0 Å². The molecule has 2 rings (SSSR count). The molecule has 98 valence electrons. The van der Waals surface area contributed by atoms with Crippen molar-refractivity contribution in [3.8, 4) is 5.88 Å². The normalized spacial score (nSPS) is 10.3. The van der Waals surface area contributed by atoms with Crippen molar-refractivity contribution in [2.24, 2.45) is 0 Å². The zero-order chi connectivity index (χ0) is 14.0. The lowest BCUT2D eigenvalue weighted by Gasteiger charge is -2.04. The van der Waals surface area contributed by atoms with E-state index in [-0.39, 0.29) is 28.2 Å². The second kappa shape index (κ2) is 5.07. The molecule has 1 aromatic carbocycles. The predicted octanol–water partition coefficient (Wildman–Crippen LogP) is 1.43. The standard InChI is InChI=1S/C12H10N2O4S/c15-9-8(10(16)14-12(19)13-9)5-6-1-3-7(4-2-6)11(17)18/h1-4H,5H2,(H,17,18)(H3,13,14,15,16,19). The molecule has 19 heavy (non-hydrogen) atoms. The third-order valence-corrected chi connectivity index (χ3v) is 2.80. The van der Waals surface area contributed by atoms with Crippen LogP contribution < -0.4 is 5.56 Å². The fourth-order valence-electron chi connectivity index (χ4n) is 1.63. The van der Waals surface area contributed by atoms with Crippen LogP contribution >= 0.6 is 12.2 Å². The second-order valence-corrected chi connectivity index (χ2v) is 4.32. The predicted molar refractivity (Wildman–Crippen MR) is 70.1 cm³/mol. The van der Waals surface area contributed by atoms with Gasteiger partial charge in [0.15, 0.2) is 10.7 Å². The molecule has 7 heteroatoms. The highest BCUT2D eigenvalue weighted by atomic mass is 32.1. The molecular weight excluding hydrogens is 268 g/mol. The zero-order valence-electron chi connectivity index (χ0n) is 9.64. The Balaban J connectivity index is 2.34. The smallest absolute Gasteiger partial charge is 0.335 e. The number of aromatic carboxylic acids is 1. The van der Waals surface area contributed by atoms with Crippen LogP contribution in [0.3, 0.4) is 0 Å². The molecule has 0 fully saturated rings. The Morgan fingerprint density at radius 2 is 1.84 bits per heavy atom. The molecule has 1 aromatic heterocycles. The first kappa shape index (κ1) is 13.0. The Bertz CT molecular complexity index is 731. The van der Waals surface area contributed by atoms with Gasteiger partial charge in [-0.25, -0.2) is 4.79 Å². The number of carboxylic acid groups (broad SMARTS) is 1. The second-order valence-electron chi connectivity index (χ2n) is 3.91. The van der Waals surface area contributed by atoms with E-state index < -0.39 is 11.5 Å². The minimum Gasteiger partial charge on any atom is -0.494 e. The van der Waals surface area contributed by atoms with Crippen LogP contribution in [0.5, 0.6) is 5.88 Å². The van der Waals surface area contributed by atoms with Crippen LogP contribution in [-0.2, 0) is 6.42 Å². The number of benzene rings is 1. The van der Waals surface area contributed by atoms with E-state index in [1.165, 1.54) is 12.1 Å². The van der Waals surface area contributed by atoms with E-state index in [2.05, 4.69) is 9.97 Å². The number of aromatic hydroxyl groups is 1. The minimum absolute atomic E-state index is 0.0486. The first-order valence-electron chi connectivity index (χ1n) is 5.34. The van der Waals surface area contributed by atoms with Crippen LogP contribution in [0.25, 0.3) is 0 Å². The van der Waals surface area contributed by atoms with E-state index >= 15 is 0 Å². The van der Waals surface area contributed by atoms with Crippen LogP contribution in [0, 0.1) is 4.77 Å². The van der Waals surface area contributed by atoms with Gasteiger partial charge in [-0.15, -0.1) is 0 Å². The lowest BCUT2D eigenvalue weighted by atomic mass is 10.1. The van der Waals surface area contributed by atoms with Gasteiger partial charge in [0.25, 0.3) is 5.56 Å². The molecular formula is C12H10N2O4S. The summed E-state index contributed by atoms with van der Waals surface area (Å²) in [5, 5.41) is 18.4. The highest BCUT2D eigenvalue weighted by molar-refractivity contribution is 7.71. The molecule has 0 aliphatic carbocycles. The van der Waals surface area contributed by atoms with E-state index in [1.54, 1.807) is 12.1 Å². The summed E-state index contributed by atoms with van der Waals surface area (Å²) in [6.07, 6.45) is 0.174. The zero-order valence-corrected chi connectivity index (χ0v) is 10.5. The Morgan fingerprint density at radius 1 is 1.21 bits per heavy atom. The Morgan fingerprint density at radius 3 is 2.37 bits per heavy atom. The number of H-pyrrole nitrogens is 2. The van der Waals surface area contributed by atoms with Gasteiger partial charge in [0, 0.05) is 6.42 Å². The molecule has 2 aromatic rings. The van der Waals surface area contributed by atoms with Crippen molar-refractivity contribution >= 4 is 18.2 Å². The number of rotatable bonds is 3. The third kappa shape index (κ3) is 2.89. The van der Waals surface area contributed by atoms with Crippen LogP contribution in [0.2, 0.25) is 0 Å². The van der Waals surface area contributed by atoms with Crippen molar-refractivity contribution in [3.05, 3.63) is 56.1 Å². The van der Waals surface area contributed by atoms with E-state index in [9.17, 15) is 14.7 Å². The summed E-state index contributed by atoms with van der Waals surface area (Å²) in [6, 6.07) is 6.05. The van der Waals surface area contributed by atoms with Crippen molar-refractivity contribution in [1.29, 1.82) is 0 Å². The Kier molecular flexibility index (Phi) is 3.48. The molecule has 1 heterocycles. The summed E-state index contributed by atoms with van der Waals surface area (Å²) in [5.74, 6) is -1.30. The maximum atomic E-state index is 11.6. The van der Waals surface area contributed by atoms with Crippen molar-refractivity contribution in [3.63, 3.8) is 0 Å². The quantitative estimate of drug-likeness (QED) is 0.635. The average molecular weight is 278 g/mol. The van der Waals surface area contributed by atoms with E-state index in [0.717, 1.165) is 0 Å². The molecule has 0 amide bonds. The molecule has 0 aliphatic heterocycles. The summed E-state index contributed by atoms with van der Waals surface area (Å²) in [6.45, 7) is 0. The molecule has 0 saturated carbocycles. The van der Waals surface area contributed by atoms with E-state index in [4.69, 9.17) is 17.3 Å². The van der Waals surface area contributed by atoms with Crippen molar-refractivity contribution < 1.29 is 15.0 Å². The van der Waals surface area contributed by atoms with Gasteiger partial charge >= 0.3 is 5.97 Å². The number of carboxylic acids is 1. The van der Waals surface area contributed by atoms with Gasteiger partial charge in [-0.1, -0.05) is 12.1 Å². The topological polar surface area (TPSA) is 106 Å². The SMILES string of the molecule is O=C(O)c1ccc(Cc2c(O)[nH]c(=S)[nH]c2=O)cc1. The Labute approximate surface area is 112 Å². The van der Waals surface area contributed by atoms with Crippen LogP contribution in [0.1, 0.15) is 21.5 Å². The first-order valence-corrected chi connectivity index (χ1v) is 5.75. The van der Waals surface area contributed by atoms with E-state index in [1.807, 2.05) is 0 Å². The number of aromatic nitrogens is 2. The van der Waals surface area contributed by atoms with Crippen LogP contribution in [-0.4, -0.2) is 26.2 Å². The fourth-order valence-corrected chi connectivity index (χ4v) is 1.82. The summed E-state index contributed by atoms with van der Waals surface area (Å²) >= 11 is 4.72. The number of hydrogen-bond donors (Lipinski definition) is 4. The molecule has 4 N–H and O–H groups in total. The van der Waals surface area contributed by atoms with E-state index in [0.29, 0.717) is 5.56 Å². The molecule has 0 atom stereocenters. The highest BCUT2D eigenvalue weighted by Crippen LogP contribution is 2.14. The molecule has 0 spiro atoms. The molecule has 0 aliphatic rings. The highest BCUT2D eigenvalue weighted by Gasteiger charge is 2.09. The van der Waals surface area contributed by atoms with Gasteiger partial charge in [0.1, 0.15) is 0 Å². The Hall–Kier alpha value is -2.41. The minimum atomic E-state index is -1.02. The number of carbonyl (C=O) groups is 1. The third-order valence-electron chi connectivity index (χ3n) is 2.60. The molecule has 0 bridgehead atoms. The maximum Gasteiger partial charge on any atom is 0.335 e. The molecule has 6 nitrogen and oxygen atoms in total. The lowest BCUT2D eigenvalue weighted by Crippen LogP contribution is -2.14. The molecule has 0 radical (unpaired) electrons. The van der Waals surface area contributed by atoms with Crippen molar-refractivity contribution in [1.82, 2.24) is 9.97 Å². The largest absolute Gasteiger partial charge is 0.494 e. The van der Waals surface area contributed by atoms with Crippen LogP contribution in [0.15, 0.2) is 29.1 Å². The lowest BCUT2D eigenvalue weighted by molar-refractivity contribution is 0.0697. The van der Waals surface area contributed by atoms with Gasteiger partial charge in [-0.3, -0.25) is 9.78 Å². The fraction of sp³-hybridized carbons (Fsp3) is 0.0833. The number of hydrogen-bond acceptors (Lipinski definition) is 4. The molecule has 0 unspecified atom stereocenters. The summed E-state index contributed by atoms with van der Waals surface area (Å²) < 4.78 is 0.0486. The van der Waals surface area contributed by atoms with Gasteiger partial charge < -0.3 is 15.2 Å². The number of nitrogens with one attached hydrogen (secondary N) is 2. The van der Waals surface area contributed by atoms with Gasteiger partial charge in [-0.05, 0) is 29.9 Å². The summed E-state index contributed by atoms with van der Waals surface area (Å²) in [5.41, 5.74) is 0.547. The van der Waals surface area contributed by atoms with Crippen LogP contribution in [0.4, 0.5) is 0 Å². The molecule has 0 saturated heterocycles. The summed E-state index contributed by atoms with van der Waals surface area (Å²) in [4.78, 5) is 27.2. The van der Waals surface area contributed by atoms with Gasteiger partial charge in [0.2, 0.25) is 0 Å².